The number of nitrogens with one attached hydrogen (secondary N) is 1. The van der Waals surface area contributed by atoms with Gasteiger partial charge in [0.25, 0.3) is 0 Å². The molecule has 5 nitrogen and oxygen atoms in total. The summed E-state index contributed by atoms with van der Waals surface area (Å²) < 4.78 is 26.7. The van der Waals surface area contributed by atoms with Crippen molar-refractivity contribution >= 4 is 39.1 Å². The van der Waals surface area contributed by atoms with Crippen molar-refractivity contribution in [2.45, 2.75) is 17.9 Å². The zero-order valence-corrected chi connectivity index (χ0v) is 15.9. The van der Waals surface area contributed by atoms with E-state index in [4.69, 9.17) is 23.2 Å². The quantitative estimate of drug-likeness (QED) is 0.774. The van der Waals surface area contributed by atoms with Crippen molar-refractivity contribution < 1.29 is 13.2 Å². The van der Waals surface area contributed by atoms with Gasteiger partial charge < -0.3 is 4.90 Å². The van der Waals surface area contributed by atoms with Gasteiger partial charge in [-0.3, -0.25) is 4.79 Å². The van der Waals surface area contributed by atoms with Crippen LogP contribution in [0.3, 0.4) is 0 Å². The van der Waals surface area contributed by atoms with Crippen LogP contribution in [0, 0.1) is 0 Å². The lowest BCUT2D eigenvalue weighted by Crippen LogP contribution is -2.31. The molecule has 134 valence electrons. The van der Waals surface area contributed by atoms with E-state index in [0.29, 0.717) is 16.6 Å². The van der Waals surface area contributed by atoms with Crippen LogP contribution in [0.4, 0.5) is 0 Å². The summed E-state index contributed by atoms with van der Waals surface area (Å²) in [6.07, 6.45) is 0.0524. The first-order valence-electron chi connectivity index (χ1n) is 7.51. The highest BCUT2D eigenvalue weighted by Crippen LogP contribution is 2.15. The molecule has 0 aliphatic heterocycles. The molecule has 2 rings (SSSR count). The van der Waals surface area contributed by atoms with E-state index in [-0.39, 0.29) is 23.8 Å². The van der Waals surface area contributed by atoms with Gasteiger partial charge in [0.2, 0.25) is 15.9 Å². The average Bonchev–Trinajstić information content (AvgIpc) is 2.54. The highest BCUT2D eigenvalue weighted by atomic mass is 35.5. The molecule has 0 aliphatic carbocycles. The van der Waals surface area contributed by atoms with Crippen LogP contribution < -0.4 is 4.72 Å². The minimum Gasteiger partial charge on any atom is -0.341 e. The van der Waals surface area contributed by atoms with Gasteiger partial charge in [-0.15, -0.1) is 0 Å². The van der Waals surface area contributed by atoms with Crippen molar-refractivity contribution in [2.75, 3.05) is 13.6 Å². The summed E-state index contributed by atoms with van der Waals surface area (Å²) in [4.78, 5) is 13.7. The highest BCUT2D eigenvalue weighted by Gasteiger charge is 2.16. The second-order valence-electron chi connectivity index (χ2n) is 5.48. The molecule has 0 radical (unpaired) electrons. The van der Waals surface area contributed by atoms with Crippen LogP contribution in [0.25, 0.3) is 0 Å². The summed E-state index contributed by atoms with van der Waals surface area (Å²) in [6.45, 7) is 0.411. The van der Waals surface area contributed by atoms with Crippen LogP contribution in [-0.2, 0) is 21.4 Å². The molecule has 0 fully saturated rings. The van der Waals surface area contributed by atoms with Crippen LogP contribution in [0.15, 0.2) is 53.4 Å². The van der Waals surface area contributed by atoms with Gasteiger partial charge in [0.05, 0.1) is 4.90 Å². The molecular formula is C17H18Cl2N2O3S. The van der Waals surface area contributed by atoms with Gasteiger partial charge in [0, 0.05) is 36.6 Å². The van der Waals surface area contributed by atoms with E-state index < -0.39 is 10.0 Å². The number of hydrogen-bond acceptors (Lipinski definition) is 3. The number of carbonyl (C=O) groups is 1. The van der Waals surface area contributed by atoms with Crippen molar-refractivity contribution in [1.29, 1.82) is 0 Å². The minimum absolute atomic E-state index is 0.00751. The number of sulfonamides is 1. The third-order valence-electron chi connectivity index (χ3n) is 3.47. The van der Waals surface area contributed by atoms with E-state index in [1.165, 1.54) is 17.0 Å². The molecule has 0 aliphatic rings. The number of halogens is 2. The van der Waals surface area contributed by atoms with Crippen LogP contribution in [0.2, 0.25) is 10.0 Å². The lowest BCUT2D eigenvalue weighted by molar-refractivity contribution is -0.130. The first-order valence-corrected chi connectivity index (χ1v) is 9.75. The van der Waals surface area contributed by atoms with Crippen molar-refractivity contribution in [2.24, 2.45) is 0 Å². The van der Waals surface area contributed by atoms with Crippen LogP contribution in [0.5, 0.6) is 0 Å². The molecule has 8 heteroatoms. The Kier molecular flexibility index (Phi) is 6.84. The molecular weight excluding hydrogens is 383 g/mol. The Balaban J connectivity index is 1.87. The summed E-state index contributed by atoms with van der Waals surface area (Å²) in [5, 5.41) is 0.938. The van der Waals surface area contributed by atoms with E-state index in [1.807, 2.05) is 12.1 Å². The number of carbonyl (C=O) groups excluding carboxylic acids is 1. The van der Waals surface area contributed by atoms with E-state index in [9.17, 15) is 13.2 Å². The Hall–Kier alpha value is -1.60. The molecule has 0 spiro atoms. The summed E-state index contributed by atoms with van der Waals surface area (Å²) in [6, 6.07) is 13.2. The zero-order chi connectivity index (χ0) is 18.4. The molecule has 0 atom stereocenters. The standard InChI is InChI=1S/C17H18Cl2N2O3S/c1-21(12-13-4-2-5-14(18)10-13)17(22)8-9-20-25(23,24)16-7-3-6-15(19)11-16/h2-7,10-11,20H,8-9,12H2,1H3. The van der Waals surface area contributed by atoms with Gasteiger partial charge in [0.1, 0.15) is 0 Å². The first-order chi connectivity index (χ1) is 11.8. The number of nitrogens with zero attached hydrogens (tertiary/aromatic N) is 1. The van der Waals surface area contributed by atoms with Crippen LogP contribution in [0.1, 0.15) is 12.0 Å². The molecule has 2 aromatic carbocycles. The fraction of sp³-hybridized carbons (Fsp3) is 0.235. The Bertz CT molecular complexity index is 856. The molecule has 25 heavy (non-hydrogen) atoms. The molecule has 0 aromatic heterocycles. The zero-order valence-electron chi connectivity index (χ0n) is 13.6. The molecule has 0 saturated carbocycles. The van der Waals surface area contributed by atoms with Gasteiger partial charge in [-0.1, -0.05) is 41.4 Å². The van der Waals surface area contributed by atoms with Crippen molar-refractivity contribution in [3.05, 3.63) is 64.1 Å². The summed E-state index contributed by atoms with van der Waals surface area (Å²) >= 11 is 11.7. The van der Waals surface area contributed by atoms with Gasteiger partial charge >= 0.3 is 0 Å². The maximum Gasteiger partial charge on any atom is 0.240 e. The topological polar surface area (TPSA) is 66.5 Å². The predicted molar refractivity (Wildman–Crippen MR) is 99.2 cm³/mol. The van der Waals surface area contributed by atoms with Crippen molar-refractivity contribution in [3.8, 4) is 0 Å². The second-order valence-corrected chi connectivity index (χ2v) is 8.12. The third-order valence-corrected chi connectivity index (χ3v) is 5.40. The van der Waals surface area contributed by atoms with Gasteiger partial charge in [-0.05, 0) is 35.9 Å². The SMILES string of the molecule is CN(Cc1cccc(Cl)c1)C(=O)CCNS(=O)(=O)c1cccc(Cl)c1. The first kappa shape index (κ1) is 19.7. The van der Waals surface area contributed by atoms with Gasteiger partial charge in [-0.2, -0.15) is 0 Å². The van der Waals surface area contributed by atoms with Gasteiger partial charge in [0.15, 0.2) is 0 Å². The van der Waals surface area contributed by atoms with Gasteiger partial charge in [-0.25, -0.2) is 13.1 Å². The van der Waals surface area contributed by atoms with Crippen molar-refractivity contribution in [1.82, 2.24) is 9.62 Å². The lowest BCUT2D eigenvalue weighted by atomic mass is 10.2. The second kappa shape index (κ2) is 8.67. The minimum atomic E-state index is -3.69. The normalized spacial score (nSPS) is 11.3. The smallest absolute Gasteiger partial charge is 0.240 e. The van der Waals surface area contributed by atoms with Crippen LogP contribution >= 0.6 is 23.2 Å². The van der Waals surface area contributed by atoms with Crippen LogP contribution in [-0.4, -0.2) is 32.8 Å². The number of amides is 1. The fourth-order valence-corrected chi connectivity index (χ4v) is 3.74. The van der Waals surface area contributed by atoms with E-state index >= 15 is 0 Å². The maximum atomic E-state index is 12.2. The molecule has 0 bridgehead atoms. The van der Waals surface area contributed by atoms with Crippen molar-refractivity contribution in [3.63, 3.8) is 0 Å². The third kappa shape index (κ3) is 6.01. The monoisotopic (exact) mass is 400 g/mol. The van der Waals surface area contributed by atoms with E-state index in [1.54, 1.807) is 31.3 Å². The summed E-state index contributed by atoms with van der Waals surface area (Å²) in [7, 11) is -2.03. The van der Waals surface area contributed by atoms with E-state index in [2.05, 4.69) is 4.72 Å². The lowest BCUT2D eigenvalue weighted by Gasteiger charge is -2.17. The average molecular weight is 401 g/mol. The molecule has 1 N–H and O–H groups in total. The summed E-state index contributed by atoms with van der Waals surface area (Å²) in [5.41, 5.74) is 0.905. The molecule has 0 unspecified atom stereocenters. The predicted octanol–water partition coefficient (Wildman–Crippen LogP) is 3.32. The maximum absolute atomic E-state index is 12.2. The Labute approximate surface area is 157 Å². The Morgan fingerprint density at radius 1 is 1.08 bits per heavy atom. The highest BCUT2D eigenvalue weighted by molar-refractivity contribution is 7.89. The molecule has 0 heterocycles. The molecule has 1 amide bonds. The Morgan fingerprint density at radius 3 is 2.36 bits per heavy atom. The van der Waals surface area contributed by atoms with E-state index in [0.717, 1.165) is 5.56 Å². The summed E-state index contributed by atoms with van der Waals surface area (Å²) in [5.74, 6) is -0.172. The molecule has 0 saturated heterocycles. The number of benzene rings is 2. The number of hydrogen-bond donors (Lipinski definition) is 1. The fourth-order valence-electron chi connectivity index (χ4n) is 2.20. The Morgan fingerprint density at radius 2 is 1.72 bits per heavy atom. The number of rotatable bonds is 7. The molecule has 2 aromatic rings. The largest absolute Gasteiger partial charge is 0.341 e.